The summed E-state index contributed by atoms with van der Waals surface area (Å²) in [7, 11) is -2.60. The zero-order valence-corrected chi connectivity index (χ0v) is 19.6. The van der Waals surface area contributed by atoms with Crippen molar-refractivity contribution in [2.45, 2.75) is 36.2 Å². The average Bonchev–Trinajstić information content (AvgIpc) is 2.81. The molecule has 0 radical (unpaired) electrons. The van der Waals surface area contributed by atoms with E-state index < -0.39 is 33.9 Å². The van der Waals surface area contributed by atoms with Crippen LogP contribution in [0, 0.1) is 0 Å². The van der Waals surface area contributed by atoms with Crippen molar-refractivity contribution in [1.82, 2.24) is 10.0 Å². The van der Waals surface area contributed by atoms with Gasteiger partial charge in [-0.05, 0) is 42.7 Å². The van der Waals surface area contributed by atoms with Crippen molar-refractivity contribution in [3.05, 3.63) is 60.2 Å². The molecule has 0 spiro atoms. The number of carbonyl (C=O) groups is 2. The molecular weight excluding hydrogens is 460 g/mol. The number of rotatable bonds is 13. The van der Waals surface area contributed by atoms with E-state index in [0.29, 0.717) is 12.2 Å². The molecule has 34 heavy (non-hydrogen) atoms. The fourth-order valence-electron chi connectivity index (χ4n) is 3.10. The van der Waals surface area contributed by atoms with Gasteiger partial charge >= 0.3 is 0 Å². The Bertz CT molecular complexity index is 1090. The maximum Gasteiger partial charge on any atom is 0.241 e. The quantitative estimate of drug-likeness (QED) is 0.143. The molecule has 0 aliphatic carbocycles. The van der Waals surface area contributed by atoms with Gasteiger partial charge in [0.05, 0.1) is 12.0 Å². The Morgan fingerprint density at radius 2 is 1.65 bits per heavy atom. The van der Waals surface area contributed by atoms with Crippen molar-refractivity contribution in [3.63, 3.8) is 0 Å². The summed E-state index contributed by atoms with van der Waals surface area (Å²) in [5.74, 6) is -1.07. The van der Waals surface area contributed by atoms with Gasteiger partial charge in [-0.1, -0.05) is 30.3 Å². The Kier molecular flexibility index (Phi) is 9.83. The first-order valence-electron chi connectivity index (χ1n) is 10.5. The molecule has 0 saturated heterocycles. The summed E-state index contributed by atoms with van der Waals surface area (Å²) in [4.78, 5) is 28.8. The predicted octanol–water partition coefficient (Wildman–Crippen LogP) is -0.391. The lowest BCUT2D eigenvalue weighted by atomic mass is 10.0. The van der Waals surface area contributed by atoms with Crippen LogP contribution in [0.15, 0.2) is 64.5 Å². The van der Waals surface area contributed by atoms with Crippen molar-refractivity contribution in [2.75, 3.05) is 13.7 Å². The number of amides is 2. The lowest BCUT2D eigenvalue weighted by Gasteiger charge is -2.22. The minimum absolute atomic E-state index is 0.0499. The number of benzene rings is 2. The topological polar surface area (TPSA) is 192 Å². The summed E-state index contributed by atoms with van der Waals surface area (Å²) in [5, 5.41) is 2.56. The number of hydrogen-bond donors (Lipinski definition) is 5. The van der Waals surface area contributed by atoms with E-state index in [1.165, 1.54) is 31.4 Å². The summed E-state index contributed by atoms with van der Waals surface area (Å²) >= 11 is 0. The highest BCUT2D eigenvalue weighted by atomic mass is 32.2. The van der Waals surface area contributed by atoms with Gasteiger partial charge in [0.2, 0.25) is 21.8 Å². The smallest absolute Gasteiger partial charge is 0.241 e. The number of nitrogens with two attached hydrogens (primary N) is 3. The number of aliphatic imine (C=N–C) groups is 1. The lowest BCUT2D eigenvalue weighted by molar-refractivity contribution is -0.128. The Labute approximate surface area is 198 Å². The van der Waals surface area contributed by atoms with Gasteiger partial charge < -0.3 is 27.3 Å². The van der Waals surface area contributed by atoms with Crippen LogP contribution in [0.5, 0.6) is 5.75 Å². The number of ether oxygens (including phenoxy) is 1. The van der Waals surface area contributed by atoms with Gasteiger partial charge in [0.25, 0.3) is 0 Å². The first-order chi connectivity index (χ1) is 16.1. The molecule has 12 heteroatoms. The van der Waals surface area contributed by atoms with E-state index in [1.54, 1.807) is 24.3 Å². The number of methoxy groups -OCH3 is 1. The van der Waals surface area contributed by atoms with Crippen molar-refractivity contribution in [1.29, 1.82) is 0 Å². The van der Waals surface area contributed by atoms with Crippen LogP contribution in [0.1, 0.15) is 18.4 Å². The molecule has 0 aromatic heterocycles. The van der Waals surface area contributed by atoms with Crippen molar-refractivity contribution in [3.8, 4) is 5.75 Å². The Balaban J connectivity index is 2.20. The van der Waals surface area contributed by atoms with Crippen molar-refractivity contribution >= 4 is 27.8 Å². The Morgan fingerprint density at radius 1 is 1.00 bits per heavy atom. The number of primary amides is 1. The van der Waals surface area contributed by atoms with Gasteiger partial charge in [-0.3, -0.25) is 14.6 Å². The Hall–Kier alpha value is -3.64. The summed E-state index contributed by atoms with van der Waals surface area (Å²) < 4.78 is 33.3. The SMILES string of the molecule is COc1ccc(S(=O)(=O)N[C@@H](CCCN=C(N)N)C(=O)N[C@@H](Cc2ccccc2)C(N)=O)cc1. The molecule has 0 bridgehead atoms. The van der Waals surface area contributed by atoms with Crippen LogP contribution in [-0.2, 0) is 26.0 Å². The molecule has 2 rings (SSSR count). The maximum atomic E-state index is 13.0. The number of sulfonamides is 1. The first kappa shape index (κ1) is 26.6. The van der Waals surface area contributed by atoms with Gasteiger partial charge in [-0.15, -0.1) is 0 Å². The zero-order valence-electron chi connectivity index (χ0n) is 18.8. The molecule has 0 saturated carbocycles. The van der Waals surface area contributed by atoms with Crippen LogP contribution < -0.4 is 32.0 Å². The van der Waals surface area contributed by atoms with E-state index >= 15 is 0 Å². The molecule has 2 amide bonds. The van der Waals surface area contributed by atoms with Crippen LogP contribution in [0.25, 0.3) is 0 Å². The molecule has 0 aliphatic heterocycles. The van der Waals surface area contributed by atoms with Crippen LogP contribution in [-0.4, -0.2) is 51.9 Å². The van der Waals surface area contributed by atoms with Gasteiger partial charge in [-0.2, -0.15) is 4.72 Å². The first-order valence-corrected chi connectivity index (χ1v) is 12.0. The normalized spacial score (nSPS) is 12.9. The van der Waals surface area contributed by atoms with Gasteiger partial charge in [0.1, 0.15) is 17.8 Å². The van der Waals surface area contributed by atoms with E-state index in [1.807, 2.05) is 6.07 Å². The fourth-order valence-corrected chi connectivity index (χ4v) is 4.33. The summed E-state index contributed by atoms with van der Waals surface area (Å²) in [5.41, 5.74) is 16.9. The van der Waals surface area contributed by atoms with Crippen LogP contribution >= 0.6 is 0 Å². The standard InChI is InChI=1S/C22H30N6O5S/c1-33-16-9-11-17(12-10-16)34(31,32)28-18(8-5-13-26-22(24)25)21(30)27-19(20(23)29)14-15-6-3-2-4-7-15/h2-4,6-7,9-12,18-19,28H,5,8,13-14H2,1H3,(H2,23,29)(H,27,30)(H4,24,25,26)/t18-,19-/m0/s1. The number of guanidine groups is 1. The van der Waals surface area contributed by atoms with E-state index in [4.69, 9.17) is 21.9 Å². The van der Waals surface area contributed by atoms with E-state index in [-0.39, 0.29) is 30.2 Å². The molecule has 0 unspecified atom stereocenters. The molecule has 8 N–H and O–H groups in total. The predicted molar refractivity (Wildman–Crippen MR) is 128 cm³/mol. The molecule has 11 nitrogen and oxygen atoms in total. The largest absolute Gasteiger partial charge is 0.497 e. The maximum absolute atomic E-state index is 13.0. The third-order valence-electron chi connectivity index (χ3n) is 4.87. The van der Waals surface area contributed by atoms with E-state index in [2.05, 4.69) is 15.0 Å². The van der Waals surface area contributed by atoms with Crippen LogP contribution in [0.2, 0.25) is 0 Å². The molecule has 2 aromatic carbocycles. The molecular formula is C22H30N6O5S. The molecule has 184 valence electrons. The van der Waals surface area contributed by atoms with Gasteiger partial charge in [0.15, 0.2) is 5.96 Å². The minimum Gasteiger partial charge on any atom is -0.497 e. The van der Waals surface area contributed by atoms with E-state index in [0.717, 1.165) is 5.56 Å². The average molecular weight is 491 g/mol. The highest BCUT2D eigenvalue weighted by Gasteiger charge is 2.28. The molecule has 0 fully saturated rings. The third-order valence-corrected chi connectivity index (χ3v) is 6.36. The second-order valence-corrected chi connectivity index (χ2v) is 9.17. The molecule has 2 atom stereocenters. The third kappa shape index (κ3) is 8.37. The van der Waals surface area contributed by atoms with E-state index in [9.17, 15) is 18.0 Å². The highest BCUT2D eigenvalue weighted by molar-refractivity contribution is 7.89. The molecule has 2 aromatic rings. The second-order valence-electron chi connectivity index (χ2n) is 7.45. The number of nitrogens with one attached hydrogen (secondary N) is 2. The lowest BCUT2D eigenvalue weighted by Crippen LogP contribution is -2.53. The molecule has 0 aliphatic rings. The number of carbonyl (C=O) groups excluding carboxylic acids is 2. The van der Waals surface area contributed by atoms with Crippen LogP contribution in [0.3, 0.4) is 0 Å². The van der Waals surface area contributed by atoms with Crippen LogP contribution in [0.4, 0.5) is 0 Å². The Morgan fingerprint density at radius 3 is 2.21 bits per heavy atom. The number of nitrogens with zero attached hydrogens (tertiary/aromatic N) is 1. The van der Waals surface area contributed by atoms with Gasteiger partial charge in [-0.25, -0.2) is 8.42 Å². The monoisotopic (exact) mass is 490 g/mol. The van der Waals surface area contributed by atoms with Crippen molar-refractivity contribution in [2.24, 2.45) is 22.2 Å². The summed E-state index contributed by atoms with van der Waals surface area (Å²) in [6, 6.07) is 12.5. The minimum atomic E-state index is -4.07. The second kappa shape index (κ2) is 12.6. The van der Waals surface area contributed by atoms with Crippen molar-refractivity contribution < 1.29 is 22.7 Å². The zero-order chi connectivity index (χ0) is 25.1. The summed E-state index contributed by atoms with van der Waals surface area (Å²) in [6.45, 7) is 0.194. The summed E-state index contributed by atoms with van der Waals surface area (Å²) in [6.07, 6.45) is 0.545. The molecule has 0 heterocycles. The number of hydrogen-bond acceptors (Lipinski definition) is 6. The van der Waals surface area contributed by atoms with Gasteiger partial charge in [0, 0.05) is 13.0 Å². The fraction of sp³-hybridized carbons (Fsp3) is 0.318. The highest BCUT2D eigenvalue weighted by Crippen LogP contribution is 2.16.